The second-order valence-corrected chi connectivity index (χ2v) is 7.22. The standard InChI is InChI=1S/C17H29N3O4/c1-12-7-18-16(23-12)13(2)20-8-14(24-17(3,4)11-20)9-22-10-15(21)19(5)6/h7,13-14H,8-11H2,1-6H3. The molecule has 1 aromatic rings. The first-order chi connectivity index (χ1) is 11.2. The number of morpholine rings is 1. The first kappa shape index (κ1) is 18.9. The molecule has 7 nitrogen and oxygen atoms in total. The molecule has 0 N–H and O–H groups in total. The number of rotatable bonds is 6. The van der Waals surface area contributed by atoms with E-state index >= 15 is 0 Å². The molecule has 1 aliphatic rings. The molecule has 0 aliphatic carbocycles. The second-order valence-electron chi connectivity index (χ2n) is 7.22. The lowest BCUT2D eigenvalue weighted by molar-refractivity contribution is -0.166. The Bertz CT molecular complexity index is 556. The molecule has 0 bridgehead atoms. The molecule has 0 spiro atoms. The van der Waals surface area contributed by atoms with Gasteiger partial charge in [0.1, 0.15) is 12.4 Å². The summed E-state index contributed by atoms with van der Waals surface area (Å²) in [5.74, 6) is 1.48. The molecule has 2 rings (SSSR count). The SMILES string of the molecule is Cc1cnc(C(C)N2CC(COCC(=O)N(C)C)OC(C)(C)C2)o1. The first-order valence-corrected chi connectivity index (χ1v) is 8.30. The average molecular weight is 339 g/mol. The number of carbonyl (C=O) groups excluding carboxylic acids is 1. The third kappa shape index (κ3) is 5.03. The number of nitrogens with zero attached hydrogens (tertiary/aromatic N) is 3. The molecule has 0 radical (unpaired) electrons. The van der Waals surface area contributed by atoms with Crippen molar-refractivity contribution in [3.05, 3.63) is 17.8 Å². The lowest BCUT2D eigenvalue weighted by Gasteiger charge is -2.44. The number of carbonyl (C=O) groups is 1. The number of aryl methyl sites for hydroxylation is 1. The average Bonchev–Trinajstić information content (AvgIpc) is 2.91. The fraction of sp³-hybridized carbons (Fsp3) is 0.765. The molecule has 1 aliphatic heterocycles. The highest BCUT2D eigenvalue weighted by atomic mass is 16.6. The molecule has 2 atom stereocenters. The number of likely N-dealkylation sites (N-methyl/N-ethyl adjacent to an activating group) is 1. The highest BCUT2D eigenvalue weighted by Gasteiger charge is 2.37. The number of ether oxygens (including phenoxy) is 2. The molecule has 0 aromatic carbocycles. The maximum Gasteiger partial charge on any atom is 0.248 e. The smallest absolute Gasteiger partial charge is 0.248 e. The summed E-state index contributed by atoms with van der Waals surface area (Å²) < 4.78 is 17.3. The number of hydrogen-bond acceptors (Lipinski definition) is 6. The van der Waals surface area contributed by atoms with Crippen LogP contribution in [-0.2, 0) is 14.3 Å². The van der Waals surface area contributed by atoms with Crippen molar-refractivity contribution in [1.82, 2.24) is 14.8 Å². The summed E-state index contributed by atoms with van der Waals surface area (Å²) in [4.78, 5) is 19.7. The van der Waals surface area contributed by atoms with Crippen molar-refractivity contribution in [3.63, 3.8) is 0 Å². The maximum absolute atomic E-state index is 11.6. The molecule has 24 heavy (non-hydrogen) atoms. The van der Waals surface area contributed by atoms with Gasteiger partial charge in [-0.25, -0.2) is 4.98 Å². The van der Waals surface area contributed by atoms with Crippen LogP contribution < -0.4 is 0 Å². The number of hydrogen-bond donors (Lipinski definition) is 0. The van der Waals surface area contributed by atoms with Crippen LogP contribution in [0.1, 0.15) is 38.5 Å². The van der Waals surface area contributed by atoms with E-state index in [2.05, 4.69) is 30.7 Å². The summed E-state index contributed by atoms with van der Waals surface area (Å²) in [6.45, 7) is 10.0. The summed E-state index contributed by atoms with van der Waals surface area (Å²) in [6, 6.07) is 0.0628. The van der Waals surface area contributed by atoms with Crippen LogP contribution in [0.25, 0.3) is 0 Å². The van der Waals surface area contributed by atoms with E-state index in [4.69, 9.17) is 13.9 Å². The van der Waals surface area contributed by atoms with Crippen LogP contribution in [0.3, 0.4) is 0 Å². The predicted molar refractivity (Wildman–Crippen MR) is 89.7 cm³/mol. The Morgan fingerprint density at radius 2 is 2.25 bits per heavy atom. The van der Waals surface area contributed by atoms with E-state index in [-0.39, 0.29) is 30.3 Å². The van der Waals surface area contributed by atoms with Crippen LogP contribution in [0.4, 0.5) is 0 Å². The van der Waals surface area contributed by atoms with E-state index in [9.17, 15) is 4.79 Å². The lowest BCUT2D eigenvalue weighted by Crippen LogP contribution is -2.54. The van der Waals surface area contributed by atoms with Gasteiger partial charge in [-0.3, -0.25) is 9.69 Å². The summed E-state index contributed by atoms with van der Waals surface area (Å²) in [6.07, 6.45) is 1.65. The van der Waals surface area contributed by atoms with Gasteiger partial charge in [-0.15, -0.1) is 0 Å². The number of oxazole rings is 1. The Balaban J connectivity index is 1.95. The van der Waals surface area contributed by atoms with Gasteiger partial charge in [0.15, 0.2) is 0 Å². The van der Waals surface area contributed by atoms with Gasteiger partial charge in [0, 0.05) is 27.2 Å². The molecule has 1 aromatic heterocycles. The molecule has 1 saturated heterocycles. The monoisotopic (exact) mass is 339 g/mol. The normalized spacial score (nSPS) is 22.3. The van der Waals surface area contributed by atoms with Crippen LogP contribution in [0.15, 0.2) is 10.6 Å². The van der Waals surface area contributed by atoms with Crippen molar-refractivity contribution >= 4 is 5.91 Å². The quantitative estimate of drug-likeness (QED) is 0.785. The Hall–Kier alpha value is -1.44. The molecule has 0 saturated carbocycles. The molecule has 2 heterocycles. The molecular weight excluding hydrogens is 310 g/mol. The summed E-state index contributed by atoms with van der Waals surface area (Å²) >= 11 is 0. The van der Waals surface area contributed by atoms with Crippen LogP contribution >= 0.6 is 0 Å². The third-order valence-electron chi connectivity index (χ3n) is 4.08. The minimum atomic E-state index is -0.298. The fourth-order valence-electron chi connectivity index (χ4n) is 2.85. The second kappa shape index (κ2) is 7.63. The lowest BCUT2D eigenvalue weighted by atomic mass is 10.0. The highest BCUT2D eigenvalue weighted by molar-refractivity contribution is 5.76. The van der Waals surface area contributed by atoms with Crippen LogP contribution in [-0.4, -0.2) is 72.8 Å². The highest BCUT2D eigenvalue weighted by Crippen LogP contribution is 2.28. The number of amides is 1. The van der Waals surface area contributed by atoms with E-state index in [1.165, 1.54) is 4.90 Å². The Labute approximate surface area is 143 Å². The molecule has 1 fully saturated rings. The van der Waals surface area contributed by atoms with Crippen LogP contribution in [0, 0.1) is 6.92 Å². The molecule has 1 amide bonds. The zero-order valence-corrected chi connectivity index (χ0v) is 15.5. The molecule has 136 valence electrons. The van der Waals surface area contributed by atoms with Gasteiger partial charge in [0.05, 0.1) is 30.6 Å². The van der Waals surface area contributed by atoms with Gasteiger partial charge >= 0.3 is 0 Å². The summed E-state index contributed by atoms with van der Waals surface area (Å²) in [7, 11) is 3.43. The van der Waals surface area contributed by atoms with Gasteiger partial charge < -0.3 is 18.8 Å². The van der Waals surface area contributed by atoms with Crippen molar-refractivity contribution in [3.8, 4) is 0 Å². The van der Waals surface area contributed by atoms with Gasteiger partial charge in [-0.1, -0.05) is 0 Å². The van der Waals surface area contributed by atoms with Crippen molar-refractivity contribution in [2.75, 3.05) is 40.4 Å². The van der Waals surface area contributed by atoms with Crippen molar-refractivity contribution in [2.24, 2.45) is 0 Å². The Morgan fingerprint density at radius 1 is 1.54 bits per heavy atom. The van der Waals surface area contributed by atoms with Crippen molar-refractivity contribution in [1.29, 1.82) is 0 Å². The first-order valence-electron chi connectivity index (χ1n) is 8.30. The Kier molecular flexibility index (Phi) is 6.01. The van der Waals surface area contributed by atoms with E-state index < -0.39 is 0 Å². The van der Waals surface area contributed by atoms with Gasteiger partial charge in [0.25, 0.3) is 0 Å². The predicted octanol–water partition coefficient (Wildman–Crippen LogP) is 1.63. The summed E-state index contributed by atoms with van der Waals surface area (Å²) in [5, 5.41) is 0. The van der Waals surface area contributed by atoms with Gasteiger partial charge in [-0.05, 0) is 27.7 Å². The molecule has 7 heteroatoms. The Morgan fingerprint density at radius 3 is 2.83 bits per heavy atom. The van der Waals surface area contributed by atoms with Crippen molar-refractivity contribution < 1.29 is 18.7 Å². The van der Waals surface area contributed by atoms with E-state index in [1.807, 2.05) is 6.92 Å². The topological polar surface area (TPSA) is 68.0 Å². The number of aromatic nitrogens is 1. The minimum Gasteiger partial charge on any atom is -0.444 e. The molecular formula is C17H29N3O4. The van der Waals surface area contributed by atoms with E-state index in [0.29, 0.717) is 19.0 Å². The van der Waals surface area contributed by atoms with Gasteiger partial charge in [0.2, 0.25) is 11.8 Å². The summed E-state index contributed by atoms with van der Waals surface area (Å²) in [5.41, 5.74) is -0.298. The zero-order valence-electron chi connectivity index (χ0n) is 15.5. The van der Waals surface area contributed by atoms with Crippen molar-refractivity contribution in [2.45, 2.75) is 45.4 Å². The van der Waals surface area contributed by atoms with E-state index in [0.717, 1.165) is 12.3 Å². The van der Waals surface area contributed by atoms with Crippen LogP contribution in [0.5, 0.6) is 0 Å². The van der Waals surface area contributed by atoms with Crippen LogP contribution in [0.2, 0.25) is 0 Å². The minimum absolute atomic E-state index is 0.0504. The zero-order chi connectivity index (χ0) is 17.9. The largest absolute Gasteiger partial charge is 0.444 e. The molecule has 2 unspecified atom stereocenters. The van der Waals surface area contributed by atoms with E-state index in [1.54, 1.807) is 20.3 Å². The fourth-order valence-corrected chi connectivity index (χ4v) is 2.85. The maximum atomic E-state index is 11.6. The third-order valence-corrected chi connectivity index (χ3v) is 4.08. The van der Waals surface area contributed by atoms with Gasteiger partial charge in [-0.2, -0.15) is 0 Å².